The first-order valence-corrected chi connectivity index (χ1v) is 8.28. The quantitative estimate of drug-likeness (QED) is 0.628. The number of nitrogens with zero attached hydrogens (tertiary/aromatic N) is 3. The lowest BCUT2D eigenvalue weighted by Crippen LogP contribution is -2.48. The van der Waals surface area contributed by atoms with Crippen LogP contribution in [0.5, 0.6) is 0 Å². The molecule has 23 heavy (non-hydrogen) atoms. The Morgan fingerprint density at radius 1 is 1.13 bits per heavy atom. The molecule has 2 aromatic rings. The number of hydrogen-bond acceptors (Lipinski definition) is 5. The molecule has 3 rings (SSSR count). The number of carbonyl (C=O) groups is 1. The lowest BCUT2D eigenvalue weighted by Gasteiger charge is -2.36. The van der Waals surface area contributed by atoms with Crippen LogP contribution in [0.3, 0.4) is 0 Å². The summed E-state index contributed by atoms with van der Waals surface area (Å²) in [6.07, 6.45) is 0. The topological polar surface area (TPSA) is 66.7 Å². The van der Waals surface area contributed by atoms with Gasteiger partial charge in [0.05, 0.1) is 20.5 Å². The molecule has 6 nitrogen and oxygen atoms in total. The van der Waals surface area contributed by atoms with Crippen molar-refractivity contribution in [1.29, 1.82) is 0 Å². The van der Waals surface area contributed by atoms with Gasteiger partial charge in [-0.2, -0.15) is 0 Å². The van der Waals surface area contributed by atoms with Crippen LogP contribution in [0, 0.1) is 10.1 Å². The van der Waals surface area contributed by atoms with Crippen LogP contribution in [0.15, 0.2) is 36.4 Å². The molecule has 1 aliphatic rings. The minimum atomic E-state index is -0.475. The van der Waals surface area contributed by atoms with Crippen LogP contribution < -0.4 is 4.90 Å². The first-order valence-electron chi connectivity index (χ1n) is 7.09. The predicted molar refractivity (Wildman–Crippen MR) is 90.5 cm³/mol. The zero-order chi connectivity index (χ0) is 16.4. The zero-order valence-corrected chi connectivity index (χ0v) is 13.7. The van der Waals surface area contributed by atoms with Gasteiger partial charge in [-0.3, -0.25) is 14.9 Å². The summed E-state index contributed by atoms with van der Waals surface area (Å²) in [5.41, 5.74) is 0.966. The maximum Gasteiger partial charge on any atom is 0.324 e. The van der Waals surface area contributed by atoms with E-state index in [2.05, 4.69) is 4.90 Å². The Kier molecular flexibility index (Phi) is 4.49. The first-order chi connectivity index (χ1) is 11.1. The van der Waals surface area contributed by atoms with Crippen molar-refractivity contribution in [2.75, 3.05) is 31.1 Å². The molecule has 120 valence electrons. The molecule has 1 aromatic carbocycles. The summed E-state index contributed by atoms with van der Waals surface area (Å²) in [5, 5.41) is 11.4. The number of benzene rings is 1. The molecule has 2 heterocycles. The van der Waals surface area contributed by atoms with Crippen molar-refractivity contribution < 1.29 is 9.72 Å². The summed E-state index contributed by atoms with van der Waals surface area (Å²) < 4.78 is 0. The smallest absolute Gasteiger partial charge is 0.324 e. The van der Waals surface area contributed by atoms with E-state index < -0.39 is 4.92 Å². The van der Waals surface area contributed by atoms with E-state index in [4.69, 9.17) is 11.6 Å². The van der Waals surface area contributed by atoms with Gasteiger partial charge in [-0.05, 0) is 18.2 Å². The first kappa shape index (κ1) is 15.8. The van der Waals surface area contributed by atoms with Crippen LogP contribution in [0.2, 0.25) is 5.02 Å². The molecule has 0 atom stereocenters. The van der Waals surface area contributed by atoms with Crippen LogP contribution in [0.1, 0.15) is 9.67 Å². The molecule has 1 aliphatic heterocycles. The van der Waals surface area contributed by atoms with E-state index in [9.17, 15) is 14.9 Å². The molecule has 0 unspecified atom stereocenters. The number of amides is 1. The third-order valence-corrected chi connectivity index (χ3v) is 5.09. The predicted octanol–water partition coefficient (Wildman–Crippen LogP) is 3.27. The molecule has 0 spiro atoms. The van der Waals surface area contributed by atoms with Crippen LogP contribution in [0.25, 0.3) is 0 Å². The molecule has 0 radical (unpaired) electrons. The van der Waals surface area contributed by atoms with Crippen molar-refractivity contribution in [3.63, 3.8) is 0 Å². The second kappa shape index (κ2) is 6.55. The summed E-state index contributed by atoms with van der Waals surface area (Å²) in [4.78, 5) is 26.9. The van der Waals surface area contributed by atoms with Gasteiger partial charge in [0.2, 0.25) is 0 Å². The lowest BCUT2D eigenvalue weighted by atomic mass is 10.2. The number of anilines is 1. The number of thiophene rings is 1. The van der Waals surface area contributed by atoms with E-state index in [1.165, 1.54) is 12.1 Å². The molecule has 1 saturated heterocycles. The van der Waals surface area contributed by atoms with Crippen LogP contribution in [0.4, 0.5) is 10.7 Å². The molecular weight excluding hydrogens is 338 g/mol. The highest BCUT2D eigenvalue weighted by molar-refractivity contribution is 7.17. The number of para-hydroxylation sites is 1. The summed E-state index contributed by atoms with van der Waals surface area (Å²) in [6.45, 7) is 2.50. The van der Waals surface area contributed by atoms with Gasteiger partial charge in [-0.25, -0.2) is 0 Å². The van der Waals surface area contributed by atoms with E-state index in [0.29, 0.717) is 36.1 Å². The molecule has 1 fully saturated rings. The summed E-state index contributed by atoms with van der Waals surface area (Å²) in [6, 6.07) is 10.5. The van der Waals surface area contributed by atoms with Crippen molar-refractivity contribution in [2.24, 2.45) is 0 Å². The van der Waals surface area contributed by atoms with E-state index in [1.807, 2.05) is 24.3 Å². The monoisotopic (exact) mass is 351 g/mol. The van der Waals surface area contributed by atoms with Crippen molar-refractivity contribution in [3.05, 3.63) is 56.4 Å². The number of rotatable bonds is 3. The molecule has 0 saturated carbocycles. The van der Waals surface area contributed by atoms with Gasteiger partial charge < -0.3 is 9.80 Å². The SMILES string of the molecule is O=C(c1ccc([N+](=O)[O-])s1)N1CCN(c2ccccc2Cl)CC1. The van der Waals surface area contributed by atoms with E-state index in [0.717, 1.165) is 17.0 Å². The molecule has 1 amide bonds. The third-order valence-electron chi connectivity index (χ3n) is 3.74. The van der Waals surface area contributed by atoms with Crippen molar-refractivity contribution in [2.45, 2.75) is 0 Å². The van der Waals surface area contributed by atoms with Gasteiger partial charge in [0.15, 0.2) is 0 Å². The second-order valence-corrected chi connectivity index (χ2v) is 6.60. The van der Waals surface area contributed by atoms with Gasteiger partial charge in [0, 0.05) is 32.2 Å². The third kappa shape index (κ3) is 3.30. The average Bonchev–Trinajstić information content (AvgIpc) is 3.05. The number of piperazine rings is 1. The highest BCUT2D eigenvalue weighted by Crippen LogP contribution is 2.28. The molecule has 0 bridgehead atoms. The molecule has 1 aromatic heterocycles. The fourth-order valence-electron chi connectivity index (χ4n) is 2.56. The van der Waals surface area contributed by atoms with Crippen LogP contribution >= 0.6 is 22.9 Å². The maximum absolute atomic E-state index is 12.4. The van der Waals surface area contributed by atoms with Gasteiger partial charge >= 0.3 is 5.00 Å². The van der Waals surface area contributed by atoms with Crippen LogP contribution in [-0.2, 0) is 0 Å². The van der Waals surface area contributed by atoms with Crippen LogP contribution in [-0.4, -0.2) is 41.9 Å². The molecular formula is C15H14ClN3O3S. The van der Waals surface area contributed by atoms with Gasteiger partial charge in [-0.1, -0.05) is 35.1 Å². The fourth-order valence-corrected chi connectivity index (χ4v) is 3.60. The number of nitro groups is 1. The highest BCUT2D eigenvalue weighted by Gasteiger charge is 2.25. The Balaban J connectivity index is 1.65. The van der Waals surface area contributed by atoms with E-state index in [1.54, 1.807) is 4.90 Å². The van der Waals surface area contributed by atoms with Gasteiger partial charge in [0.25, 0.3) is 5.91 Å². The fraction of sp³-hybridized carbons (Fsp3) is 0.267. The normalized spacial score (nSPS) is 14.8. The average molecular weight is 352 g/mol. The second-order valence-electron chi connectivity index (χ2n) is 5.13. The van der Waals surface area contributed by atoms with E-state index >= 15 is 0 Å². The Morgan fingerprint density at radius 3 is 2.43 bits per heavy atom. The number of halogens is 1. The molecule has 0 N–H and O–H groups in total. The lowest BCUT2D eigenvalue weighted by molar-refractivity contribution is -0.380. The Labute approximate surface area is 142 Å². The number of carbonyl (C=O) groups excluding carboxylic acids is 1. The number of hydrogen-bond donors (Lipinski definition) is 0. The van der Waals surface area contributed by atoms with Crippen molar-refractivity contribution in [1.82, 2.24) is 4.90 Å². The molecule has 8 heteroatoms. The summed E-state index contributed by atoms with van der Waals surface area (Å²) >= 11 is 7.12. The van der Waals surface area contributed by atoms with Crippen molar-refractivity contribution in [3.8, 4) is 0 Å². The zero-order valence-electron chi connectivity index (χ0n) is 12.1. The summed E-state index contributed by atoms with van der Waals surface area (Å²) in [7, 11) is 0. The van der Waals surface area contributed by atoms with E-state index in [-0.39, 0.29) is 10.9 Å². The van der Waals surface area contributed by atoms with Gasteiger partial charge in [0.1, 0.15) is 0 Å². The Bertz CT molecular complexity index is 741. The minimum absolute atomic E-state index is 0.0111. The highest BCUT2D eigenvalue weighted by atomic mass is 35.5. The standard InChI is InChI=1S/C15H14ClN3O3S/c16-11-3-1-2-4-12(11)17-7-9-18(10-8-17)15(20)13-5-6-14(23-13)19(21)22/h1-6H,7-10H2. The Morgan fingerprint density at radius 2 is 1.83 bits per heavy atom. The maximum atomic E-state index is 12.4. The Hall–Kier alpha value is -2.12. The molecule has 0 aliphatic carbocycles. The largest absolute Gasteiger partial charge is 0.367 e. The van der Waals surface area contributed by atoms with Gasteiger partial charge in [-0.15, -0.1) is 0 Å². The minimum Gasteiger partial charge on any atom is -0.367 e. The van der Waals surface area contributed by atoms with Crippen molar-refractivity contribution >= 4 is 39.5 Å². The summed E-state index contributed by atoms with van der Waals surface area (Å²) in [5.74, 6) is -0.151.